The highest BCUT2D eigenvalue weighted by atomic mass is 79.9. The van der Waals surface area contributed by atoms with Gasteiger partial charge in [-0.05, 0) is 42.7 Å². The van der Waals surface area contributed by atoms with Crippen LogP contribution in [0.2, 0.25) is 0 Å². The van der Waals surface area contributed by atoms with Gasteiger partial charge < -0.3 is 5.32 Å². The third-order valence-corrected chi connectivity index (χ3v) is 3.98. The van der Waals surface area contributed by atoms with E-state index in [-0.39, 0.29) is 0 Å². The van der Waals surface area contributed by atoms with Crippen molar-refractivity contribution in [1.29, 1.82) is 0 Å². The molecule has 84 valence electrons. The number of rotatable bonds is 3. The number of aryl methyl sites for hydroxylation is 1. The van der Waals surface area contributed by atoms with E-state index in [9.17, 15) is 0 Å². The van der Waals surface area contributed by atoms with Gasteiger partial charge in [0.25, 0.3) is 0 Å². The predicted octanol–water partition coefficient (Wildman–Crippen LogP) is 2.52. The lowest BCUT2D eigenvalue weighted by molar-refractivity contribution is 0.480. The van der Waals surface area contributed by atoms with Crippen molar-refractivity contribution in [3.63, 3.8) is 0 Å². The molecule has 3 nitrogen and oxygen atoms in total. The van der Waals surface area contributed by atoms with Crippen LogP contribution in [0.15, 0.2) is 10.7 Å². The van der Waals surface area contributed by atoms with Crippen LogP contribution in [-0.2, 0) is 6.54 Å². The fourth-order valence-corrected chi connectivity index (χ4v) is 3.22. The zero-order valence-corrected chi connectivity index (χ0v) is 10.9. The number of nitrogens with one attached hydrogen (secondary N) is 1. The normalized spacial score (nSPS) is 26.1. The molecule has 1 heterocycles. The minimum absolute atomic E-state index is 0.614. The molecule has 0 saturated heterocycles. The lowest BCUT2D eigenvalue weighted by atomic mass is 9.99. The number of nitrogens with zero attached hydrogens (tertiary/aromatic N) is 2. The van der Waals surface area contributed by atoms with Crippen LogP contribution in [-0.4, -0.2) is 22.9 Å². The highest BCUT2D eigenvalue weighted by Gasteiger charge is 2.31. The molecule has 0 amide bonds. The molecule has 1 aliphatic rings. The Bertz CT molecular complexity index is 335. The summed E-state index contributed by atoms with van der Waals surface area (Å²) < 4.78 is 3.28. The van der Waals surface area contributed by atoms with Gasteiger partial charge in [-0.25, -0.2) is 0 Å². The Labute approximate surface area is 99.4 Å². The minimum Gasteiger partial charge on any atom is -0.316 e. The first-order valence-corrected chi connectivity index (χ1v) is 6.45. The summed E-state index contributed by atoms with van der Waals surface area (Å²) in [5.74, 6) is 0.617. The Kier molecular flexibility index (Phi) is 3.46. The summed E-state index contributed by atoms with van der Waals surface area (Å²) in [5, 5.41) is 7.81. The molecule has 4 heteroatoms. The summed E-state index contributed by atoms with van der Waals surface area (Å²) in [7, 11) is 2.06. The van der Waals surface area contributed by atoms with Crippen LogP contribution < -0.4 is 5.32 Å². The van der Waals surface area contributed by atoms with Gasteiger partial charge in [-0.15, -0.1) is 0 Å². The van der Waals surface area contributed by atoms with E-state index in [0.29, 0.717) is 12.0 Å². The van der Waals surface area contributed by atoms with E-state index in [1.807, 2.05) is 6.20 Å². The van der Waals surface area contributed by atoms with Crippen LogP contribution in [0.3, 0.4) is 0 Å². The highest BCUT2D eigenvalue weighted by Crippen LogP contribution is 2.37. The van der Waals surface area contributed by atoms with Gasteiger partial charge in [0.15, 0.2) is 0 Å². The molecular weight excluding hydrogens is 254 g/mol. The molecule has 1 aromatic heterocycles. The van der Waals surface area contributed by atoms with Crippen LogP contribution >= 0.6 is 15.9 Å². The summed E-state index contributed by atoms with van der Waals surface area (Å²) in [5.41, 5.74) is 1.37. The van der Waals surface area contributed by atoms with E-state index in [2.05, 4.69) is 45.0 Å². The first-order chi connectivity index (χ1) is 7.27. The van der Waals surface area contributed by atoms with Crippen molar-refractivity contribution in [2.75, 3.05) is 7.05 Å². The lowest BCUT2D eigenvalue weighted by Gasteiger charge is -2.20. The smallest absolute Gasteiger partial charge is 0.0635 e. The molecule has 0 spiro atoms. The van der Waals surface area contributed by atoms with Crippen LogP contribution in [0.4, 0.5) is 0 Å². The molecule has 2 atom stereocenters. The molecule has 1 aliphatic carbocycles. The maximum absolute atomic E-state index is 4.39. The van der Waals surface area contributed by atoms with E-state index < -0.39 is 0 Å². The highest BCUT2D eigenvalue weighted by molar-refractivity contribution is 9.10. The molecule has 15 heavy (non-hydrogen) atoms. The largest absolute Gasteiger partial charge is 0.316 e. The zero-order valence-electron chi connectivity index (χ0n) is 9.33. The Balaban J connectivity index is 2.30. The molecule has 0 bridgehead atoms. The molecule has 0 aromatic carbocycles. The standard InChI is InChI=1S/C11H18BrN3/c1-3-15-11(9(12)7-14-15)8-5-4-6-10(8)13-2/h7-8,10,13H,3-6H2,1-2H3. The summed E-state index contributed by atoms with van der Waals surface area (Å²) in [6, 6.07) is 0.614. The van der Waals surface area contributed by atoms with Crippen molar-refractivity contribution in [3.8, 4) is 0 Å². The maximum atomic E-state index is 4.39. The van der Waals surface area contributed by atoms with Crippen molar-refractivity contribution in [1.82, 2.24) is 15.1 Å². The first kappa shape index (κ1) is 11.1. The van der Waals surface area contributed by atoms with Crippen LogP contribution in [0.25, 0.3) is 0 Å². The van der Waals surface area contributed by atoms with E-state index in [0.717, 1.165) is 11.0 Å². The van der Waals surface area contributed by atoms with Gasteiger partial charge in [-0.2, -0.15) is 5.10 Å². The molecule has 1 fully saturated rings. The van der Waals surface area contributed by atoms with Gasteiger partial charge >= 0.3 is 0 Å². The summed E-state index contributed by atoms with van der Waals surface area (Å²) in [4.78, 5) is 0. The second-order valence-corrected chi connectivity index (χ2v) is 4.98. The van der Waals surface area contributed by atoms with Gasteiger partial charge in [0.05, 0.1) is 16.4 Å². The summed E-state index contributed by atoms with van der Waals surface area (Å²) in [6.45, 7) is 3.10. The molecule has 0 radical (unpaired) electrons. The van der Waals surface area contributed by atoms with Crippen LogP contribution in [0, 0.1) is 0 Å². The molecular formula is C11H18BrN3. The average molecular weight is 272 g/mol. The Hall–Kier alpha value is -0.350. The number of hydrogen-bond donors (Lipinski definition) is 1. The number of hydrogen-bond acceptors (Lipinski definition) is 2. The van der Waals surface area contributed by atoms with Crippen LogP contribution in [0.1, 0.15) is 37.8 Å². The molecule has 1 saturated carbocycles. The monoisotopic (exact) mass is 271 g/mol. The van der Waals surface area contributed by atoms with Crippen molar-refractivity contribution >= 4 is 15.9 Å². The SMILES string of the molecule is CCn1ncc(Br)c1C1CCCC1NC. The lowest BCUT2D eigenvalue weighted by Crippen LogP contribution is -2.29. The van der Waals surface area contributed by atoms with Gasteiger partial charge in [-0.3, -0.25) is 4.68 Å². The third kappa shape index (κ3) is 1.97. The Morgan fingerprint density at radius 1 is 1.60 bits per heavy atom. The van der Waals surface area contributed by atoms with Gasteiger partial charge in [0.2, 0.25) is 0 Å². The first-order valence-electron chi connectivity index (χ1n) is 5.66. The number of aromatic nitrogens is 2. The van der Waals surface area contributed by atoms with Crippen molar-refractivity contribution < 1.29 is 0 Å². The summed E-state index contributed by atoms with van der Waals surface area (Å²) in [6.07, 6.45) is 5.79. The second kappa shape index (κ2) is 4.66. The molecule has 2 unspecified atom stereocenters. The van der Waals surface area contributed by atoms with Crippen LogP contribution in [0.5, 0.6) is 0 Å². The number of halogens is 1. The molecule has 2 rings (SSSR count). The number of likely N-dealkylation sites (N-methyl/N-ethyl adjacent to an activating group) is 1. The molecule has 1 aromatic rings. The van der Waals surface area contributed by atoms with Crippen molar-refractivity contribution in [2.24, 2.45) is 0 Å². The minimum atomic E-state index is 0.614. The van der Waals surface area contributed by atoms with Gasteiger partial charge in [0, 0.05) is 18.5 Å². The molecule has 0 aliphatic heterocycles. The van der Waals surface area contributed by atoms with E-state index in [4.69, 9.17) is 0 Å². The van der Waals surface area contributed by atoms with E-state index in [1.165, 1.54) is 25.0 Å². The Morgan fingerprint density at radius 3 is 3.07 bits per heavy atom. The average Bonchev–Trinajstić information content (AvgIpc) is 2.82. The maximum Gasteiger partial charge on any atom is 0.0635 e. The zero-order chi connectivity index (χ0) is 10.8. The quantitative estimate of drug-likeness (QED) is 0.916. The Morgan fingerprint density at radius 2 is 2.40 bits per heavy atom. The van der Waals surface area contributed by atoms with E-state index in [1.54, 1.807) is 0 Å². The molecule has 1 N–H and O–H groups in total. The second-order valence-electron chi connectivity index (χ2n) is 4.13. The van der Waals surface area contributed by atoms with E-state index >= 15 is 0 Å². The topological polar surface area (TPSA) is 29.9 Å². The van der Waals surface area contributed by atoms with Crippen molar-refractivity contribution in [2.45, 2.75) is 44.7 Å². The third-order valence-electron chi connectivity index (χ3n) is 3.37. The van der Waals surface area contributed by atoms with Gasteiger partial charge in [0.1, 0.15) is 0 Å². The van der Waals surface area contributed by atoms with Gasteiger partial charge in [-0.1, -0.05) is 6.42 Å². The predicted molar refractivity (Wildman–Crippen MR) is 65.0 cm³/mol. The van der Waals surface area contributed by atoms with Crippen molar-refractivity contribution in [3.05, 3.63) is 16.4 Å². The fourth-order valence-electron chi connectivity index (χ4n) is 2.63. The fraction of sp³-hybridized carbons (Fsp3) is 0.727. The summed E-state index contributed by atoms with van der Waals surface area (Å²) >= 11 is 3.61.